The lowest BCUT2D eigenvalue weighted by Gasteiger charge is -2.24. The first kappa shape index (κ1) is 23.2. The lowest BCUT2D eigenvalue weighted by Crippen LogP contribution is -2.38. The highest BCUT2D eigenvalue weighted by Gasteiger charge is 2.36. The molecule has 182 valence electrons. The van der Waals surface area contributed by atoms with Gasteiger partial charge < -0.3 is 20.4 Å². The zero-order valence-corrected chi connectivity index (χ0v) is 19.2. The molecule has 0 unspecified atom stereocenters. The smallest absolute Gasteiger partial charge is 0.419 e. The van der Waals surface area contributed by atoms with Crippen molar-refractivity contribution >= 4 is 16.9 Å². The van der Waals surface area contributed by atoms with Gasteiger partial charge in [-0.25, -0.2) is 9.97 Å². The van der Waals surface area contributed by atoms with Gasteiger partial charge in [0.05, 0.1) is 12.3 Å². The summed E-state index contributed by atoms with van der Waals surface area (Å²) in [6.07, 6.45) is -0.243. The number of benzene rings is 2. The summed E-state index contributed by atoms with van der Waals surface area (Å²) >= 11 is 0. The maximum Gasteiger partial charge on any atom is 0.419 e. The van der Waals surface area contributed by atoms with Gasteiger partial charge in [-0.05, 0) is 44.0 Å². The van der Waals surface area contributed by atoms with E-state index in [2.05, 4.69) is 25.6 Å². The number of ether oxygens (including phenoxy) is 1. The number of hydrogen-bond acceptors (Lipinski definition) is 5. The van der Waals surface area contributed by atoms with Crippen molar-refractivity contribution in [1.82, 2.24) is 20.3 Å². The molecular weight excluding hydrogens is 455 g/mol. The van der Waals surface area contributed by atoms with E-state index in [0.29, 0.717) is 23.1 Å². The molecule has 1 atom stereocenters. The number of H-pyrrole nitrogens is 1. The van der Waals surface area contributed by atoms with Gasteiger partial charge >= 0.3 is 6.18 Å². The van der Waals surface area contributed by atoms with Crippen molar-refractivity contribution < 1.29 is 17.9 Å². The van der Waals surface area contributed by atoms with E-state index < -0.39 is 11.7 Å². The molecule has 9 heteroatoms. The molecule has 2 aromatic heterocycles. The first-order valence-corrected chi connectivity index (χ1v) is 11.7. The van der Waals surface area contributed by atoms with Crippen LogP contribution in [0.5, 0.6) is 5.75 Å². The van der Waals surface area contributed by atoms with Crippen LogP contribution >= 0.6 is 0 Å². The second-order valence-electron chi connectivity index (χ2n) is 8.53. The molecule has 0 spiro atoms. The first-order valence-electron chi connectivity index (χ1n) is 11.7. The van der Waals surface area contributed by atoms with E-state index in [-0.39, 0.29) is 17.7 Å². The monoisotopic (exact) mass is 481 g/mol. The summed E-state index contributed by atoms with van der Waals surface area (Å²) in [5.41, 5.74) is 1.90. The number of nitrogens with zero attached hydrogens (tertiary/aromatic N) is 2. The Labute approximate surface area is 200 Å². The Bertz CT molecular complexity index is 1330. The molecule has 1 aliphatic heterocycles. The van der Waals surface area contributed by atoms with Crippen molar-refractivity contribution in [2.75, 3.05) is 25.0 Å². The Balaban J connectivity index is 1.56. The summed E-state index contributed by atoms with van der Waals surface area (Å²) in [4.78, 5) is 11.4. The van der Waals surface area contributed by atoms with Crippen LogP contribution in [0.15, 0.2) is 54.9 Å². The summed E-state index contributed by atoms with van der Waals surface area (Å²) in [5.74, 6) is 0.947. The molecule has 0 bridgehead atoms. The molecular formula is C26H26F3N5O. The van der Waals surface area contributed by atoms with Crippen LogP contribution in [0.3, 0.4) is 0 Å². The second kappa shape index (κ2) is 9.58. The topological polar surface area (TPSA) is 74.9 Å². The molecule has 0 radical (unpaired) electrons. The van der Waals surface area contributed by atoms with Crippen LogP contribution in [-0.2, 0) is 6.18 Å². The van der Waals surface area contributed by atoms with Gasteiger partial charge in [-0.1, -0.05) is 30.3 Å². The molecule has 5 rings (SSSR count). The SMILES string of the molecule is CCOc1ccccc1-c1ccc2c(-c3nc(N[C@H]4CCCNC4)ncc3C(F)(F)F)c[nH]c2c1. The van der Waals surface area contributed by atoms with Gasteiger partial charge in [-0.3, -0.25) is 0 Å². The molecule has 4 aromatic rings. The van der Waals surface area contributed by atoms with Crippen molar-refractivity contribution in [1.29, 1.82) is 0 Å². The molecule has 1 aliphatic rings. The van der Waals surface area contributed by atoms with Gasteiger partial charge in [0.15, 0.2) is 0 Å². The second-order valence-corrected chi connectivity index (χ2v) is 8.53. The third kappa shape index (κ3) is 4.81. The fourth-order valence-electron chi connectivity index (χ4n) is 4.50. The lowest BCUT2D eigenvalue weighted by atomic mass is 10.0. The molecule has 6 nitrogen and oxygen atoms in total. The Kier molecular flexibility index (Phi) is 6.34. The van der Waals surface area contributed by atoms with E-state index in [0.717, 1.165) is 49.0 Å². The highest BCUT2D eigenvalue weighted by Crippen LogP contribution is 2.40. The number of halogens is 3. The molecule has 3 N–H and O–H groups in total. The average molecular weight is 482 g/mol. The van der Waals surface area contributed by atoms with Crippen LogP contribution < -0.4 is 15.4 Å². The first-order chi connectivity index (χ1) is 16.9. The molecule has 3 heterocycles. The minimum absolute atomic E-state index is 0.0734. The molecule has 0 saturated carbocycles. The van der Waals surface area contributed by atoms with Crippen molar-refractivity contribution in [3.63, 3.8) is 0 Å². The van der Waals surface area contributed by atoms with Gasteiger partial charge in [-0.15, -0.1) is 0 Å². The highest BCUT2D eigenvalue weighted by molar-refractivity contribution is 5.97. The van der Waals surface area contributed by atoms with Crippen LogP contribution in [-0.4, -0.2) is 40.7 Å². The van der Waals surface area contributed by atoms with E-state index in [9.17, 15) is 13.2 Å². The summed E-state index contributed by atoms with van der Waals surface area (Å²) in [5, 5.41) is 7.11. The minimum Gasteiger partial charge on any atom is -0.493 e. The Morgan fingerprint density at radius 3 is 2.77 bits per heavy atom. The van der Waals surface area contributed by atoms with Crippen LogP contribution in [0.25, 0.3) is 33.3 Å². The van der Waals surface area contributed by atoms with Crippen LogP contribution in [0.1, 0.15) is 25.3 Å². The number of nitrogens with one attached hydrogen (secondary N) is 3. The number of alkyl halides is 3. The molecule has 35 heavy (non-hydrogen) atoms. The zero-order valence-electron chi connectivity index (χ0n) is 19.2. The lowest BCUT2D eigenvalue weighted by molar-refractivity contribution is -0.137. The summed E-state index contributed by atoms with van der Waals surface area (Å²) < 4.78 is 47.4. The number of aromatic amines is 1. The Morgan fingerprint density at radius 2 is 2.00 bits per heavy atom. The number of aromatic nitrogens is 3. The van der Waals surface area contributed by atoms with Crippen LogP contribution in [0, 0.1) is 0 Å². The number of hydrogen-bond donors (Lipinski definition) is 3. The van der Waals surface area contributed by atoms with E-state index >= 15 is 0 Å². The van der Waals surface area contributed by atoms with Gasteiger partial charge in [0, 0.05) is 47.0 Å². The van der Waals surface area contributed by atoms with Crippen molar-refractivity contribution in [3.8, 4) is 28.1 Å². The molecule has 0 aliphatic carbocycles. The summed E-state index contributed by atoms with van der Waals surface area (Å²) in [6, 6.07) is 13.4. The van der Waals surface area contributed by atoms with Crippen LogP contribution in [0.2, 0.25) is 0 Å². The van der Waals surface area contributed by atoms with E-state index in [1.807, 2.05) is 49.4 Å². The fourth-order valence-corrected chi connectivity index (χ4v) is 4.50. The zero-order chi connectivity index (χ0) is 24.4. The average Bonchev–Trinajstić information content (AvgIpc) is 3.28. The third-order valence-electron chi connectivity index (χ3n) is 6.16. The van der Waals surface area contributed by atoms with E-state index in [1.165, 1.54) is 0 Å². The largest absolute Gasteiger partial charge is 0.493 e. The standard InChI is InChI=1S/C26H26F3N5O/c1-2-35-23-8-4-3-7-18(23)16-9-10-19-20(14-31-22(19)12-16)24-21(26(27,28)29)15-32-25(34-24)33-17-6-5-11-30-13-17/h3-4,7-10,12,14-15,17,30-31H,2,5-6,11,13H2,1H3,(H,32,33,34)/t17-/m0/s1. The number of anilines is 1. The van der Waals surface area contributed by atoms with Crippen LogP contribution in [0.4, 0.5) is 19.1 Å². The number of piperidine rings is 1. The number of para-hydroxylation sites is 1. The van der Waals surface area contributed by atoms with E-state index in [4.69, 9.17) is 4.74 Å². The quantitative estimate of drug-likeness (QED) is 0.321. The molecule has 2 aromatic carbocycles. The Morgan fingerprint density at radius 1 is 1.14 bits per heavy atom. The van der Waals surface area contributed by atoms with Crippen molar-refractivity contribution in [2.24, 2.45) is 0 Å². The highest BCUT2D eigenvalue weighted by atomic mass is 19.4. The third-order valence-corrected chi connectivity index (χ3v) is 6.16. The minimum atomic E-state index is -4.58. The van der Waals surface area contributed by atoms with Gasteiger partial charge in [-0.2, -0.15) is 13.2 Å². The normalized spacial score (nSPS) is 16.4. The summed E-state index contributed by atoms with van der Waals surface area (Å²) in [7, 11) is 0. The maximum absolute atomic E-state index is 13.9. The van der Waals surface area contributed by atoms with E-state index in [1.54, 1.807) is 6.20 Å². The predicted molar refractivity (Wildman–Crippen MR) is 130 cm³/mol. The number of rotatable bonds is 6. The molecule has 0 amide bonds. The van der Waals surface area contributed by atoms with Crippen molar-refractivity contribution in [2.45, 2.75) is 32.0 Å². The van der Waals surface area contributed by atoms with Gasteiger partial charge in [0.1, 0.15) is 11.3 Å². The van der Waals surface area contributed by atoms with Gasteiger partial charge in [0.25, 0.3) is 0 Å². The Hall–Kier alpha value is -3.59. The summed E-state index contributed by atoms with van der Waals surface area (Å²) in [6.45, 7) is 4.11. The number of fused-ring (bicyclic) bond motifs is 1. The van der Waals surface area contributed by atoms with Crippen molar-refractivity contribution in [3.05, 3.63) is 60.4 Å². The fraction of sp³-hybridized carbons (Fsp3) is 0.308. The van der Waals surface area contributed by atoms with Gasteiger partial charge in [0.2, 0.25) is 5.95 Å². The molecule has 1 fully saturated rings. The molecule has 1 saturated heterocycles. The maximum atomic E-state index is 13.9. The predicted octanol–water partition coefficient (Wildman–Crippen LogP) is 5.87.